The largest absolute Gasteiger partial charge is 0.476 e. The highest BCUT2D eigenvalue weighted by molar-refractivity contribution is 6.19. The van der Waals surface area contributed by atoms with Gasteiger partial charge in [0.05, 0.1) is 12.1 Å². The van der Waals surface area contributed by atoms with E-state index in [1.165, 1.54) is 6.33 Å². The summed E-state index contributed by atoms with van der Waals surface area (Å²) in [5, 5.41) is 18.7. The van der Waals surface area contributed by atoms with Crippen LogP contribution in [0.4, 0.5) is 0 Å². The molecule has 1 atom stereocenters. The van der Waals surface area contributed by atoms with Gasteiger partial charge in [-0.3, -0.25) is 9.59 Å². The maximum absolute atomic E-state index is 13.0. The van der Waals surface area contributed by atoms with Gasteiger partial charge in [0.1, 0.15) is 12.1 Å². The van der Waals surface area contributed by atoms with E-state index >= 15 is 0 Å². The summed E-state index contributed by atoms with van der Waals surface area (Å²) in [5.74, 6) is -1.37. The van der Waals surface area contributed by atoms with Crippen LogP contribution in [0.2, 0.25) is 0 Å². The average molecular weight is 461 g/mol. The number of rotatable bonds is 2. The summed E-state index contributed by atoms with van der Waals surface area (Å²) < 4.78 is 0. The molecule has 1 heterocycles. The number of benzene rings is 3. The molecule has 1 N–H and O–H groups in total. The van der Waals surface area contributed by atoms with Crippen molar-refractivity contribution in [2.45, 2.75) is 12.3 Å². The molecule has 1 aromatic heterocycles. The molecular formula is C28H19N3O4. The minimum absolute atomic E-state index is 0.0143. The Hall–Kier alpha value is -4.78. The van der Waals surface area contributed by atoms with E-state index < -0.39 is 5.97 Å². The number of carboxylic acid groups (broad SMARTS) is 1. The summed E-state index contributed by atoms with van der Waals surface area (Å²) in [6, 6.07) is 21.8. The second-order valence-corrected chi connectivity index (χ2v) is 8.10. The molecular weight excluding hydrogens is 442 g/mol. The van der Waals surface area contributed by atoms with Crippen LogP contribution >= 0.6 is 0 Å². The van der Waals surface area contributed by atoms with Gasteiger partial charge in [-0.05, 0) is 38.1 Å². The maximum Gasteiger partial charge on any atom is 0.358 e. The van der Waals surface area contributed by atoms with Gasteiger partial charge in [-0.25, -0.2) is 9.78 Å². The standard InChI is InChI=1S/C24H16O2.C4H3N3O2/c25-20-13-11-16-10-12-19-18-9-5-4-8-17(18)14-21(26)24(19)23(16)22(20)15-6-2-1-3-7-15;8-4(9)3-1-5-2-6-7-3/h1-12,14,22H,13H2;1-2H,(H,8,9). The van der Waals surface area contributed by atoms with E-state index in [4.69, 9.17) is 5.11 Å². The van der Waals surface area contributed by atoms with Gasteiger partial charge in [0, 0.05) is 12.0 Å². The number of ketones is 2. The van der Waals surface area contributed by atoms with E-state index in [2.05, 4.69) is 15.2 Å². The lowest BCUT2D eigenvalue weighted by atomic mass is 9.77. The van der Waals surface area contributed by atoms with E-state index in [-0.39, 0.29) is 23.2 Å². The first-order valence-corrected chi connectivity index (χ1v) is 11.0. The first-order valence-electron chi connectivity index (χ1n) is 11.0. The van der Waals surface area contributed by atoms with Crippen LogP contribution in [0.3, 0.4) is 0 Å². The summed E-state index contributed by atoms with van der Waals surface area (Å²) >= 11 is 0. The number of carbonyl (C=O) groups is 3. The SMILES string of the molecule is O=C(O)c1cncnn1.O=C1C=c2ccccc2=c2ccc3c(c21)C(c1ccccc1)C(=O)CC=3. The minimum atomic E-state index is -1.12. The molecule has 6 rings (SSSR count). The number of hydrogen-bond donors (Lipinski definition) is 1. The van der Waals surface area contributed by atoms with Crippen molar-refractivity contribution in [2.75, 3.05) is 0 Å². The Kier molecular flexibility index (Phi) is 5.81. The average Bonchev–Trinajstić information content (AvgIpc) is 2.89. The van der Waals surface area contributed by atoms with E-state index in [0.717, 1.165) is 38.2 Å². The lowest BCUT2D eigenvalue weighted by Crippen LogP contribution is -2.30. The molecule has 0 saturated heterocycles. The summed E-state index contributed by atoms with van der Waals surface area (Å²) in [5.41, 5.74) is 2.35. The van der Waals surface area contributed by atoms with E-state index in [1.807, 2.05) is 72.8 Å². The van der Waals surface area contributed by atoms with Crippen LogP contribution in [-0.4, -0.2) is 37.8 Å². The highest BCUT2D eigenvalue weighted by atomic mass is 16.4. The zero-order valence-corrected chi connectivity index (χ0v) is 18.5. The number of hydrogen-bond acceptors (Lipinski definition) is 6. The second-order valence-electron chi connectivity index (χ2n) is 8.10. The fourth-order valence-electron chi connectivity index (χ4n) is 4.53. The molecule has 1 unspecified atom stereocenters. The van der Waals surface area contributed by atoms with Gasteiger partial charge in [-0.1, -0.05) is 72.8 Å². The molecule has 3 aromatic carbocycles. The summed E-state index contributed by atoms with van der Waals surface area (Å²) in [7, 11) is 0. The molecule has 2 aliphatic carbocycles. The number of fused-ring (bicyclic) bond motifs is 4. The molecule has 2 aliphatic rings. The summed E-state index contributed by atoms with van der Waals surface area (Å²) in [4.78, 5) is 39.4. The lowest BCUT2D eigenvalue weighted by Gasteiger charge is -2.24. The van der Waals surface area contributed by atoms with Crippen LogP contribution < -0.4 is 10.4 Å². The Bertz CT molecular complexity index is 1680. The van der Waals surface area contributed by atoms with Gasteiger partial charge in [0.25, 0.3) is 0 Å². The Morgan fingerprint density at radius 3 is 2.37 bits per heavy atom. The number of nitrogens with zero attached hydrogens (tertiary/aromatic N) is 3. The Morgan fingerprint density at radius 1 is 0.886 bits per heavy atom. The van der Waals surface area contributed by atoms with Crippen LogP contribution in [-0.2, 0) is 4.79 Å². The fourth-order valence-corrected chi connectivity index (χ4v) is 4.53. The lowest BCUT2D eigenvalue weighted by molar-refractivity contribution is -0.118. The Labute approximate surface area is 199 Å². The van der Waals surface area contributed by atoms with Crippen molar-refractivity contribution in [3.8, 4) is 0 Å². The molecule has 0 spiro atoms. The maximum atomic E-state index is 13.0. The predicted molar refractivity (Wildman–Crippen MR) is 128 cm³/mol. The van der Waals surface area contributed by atoms with Crippen LogP contribution in [0.15, 0.2) is 79.3 Å². The van der Waals surface area contributed by atoms with Gasteiger partial charge in [0.15, 0.2) is 11.5 Å². The van der Waals surface area contributed by atoms with Gasteiger partial charge in [-0.15, -0.1) is 10.2 Å². The van der Waals surface area contributed by atoms with Crippen molar-refractivity contribution in [1.29, 1.82) is 0 Å². The Balaban J connectivity index is 0.000000239. The van der Waals surface area contributed by atoms with Gasteiger partial charge in [0.2, 0.25) is 0 Å². The zero-order valence-electron chi connectivity index (χ0n) is 18.5. The normalized spacial score (nSPS) is 15.3. The van der Waals surface area contributed by atoms with Crippen molar-refractivity contribution >= 4 is 29.7 Å². The molecule has 0 radical (unpaired) electrons. The molecule has 0 aliphatic heterocycles. The first kappa shape index (κ1) is 22.0. The van der Waals surface area contributed by atoms with Crippen molar-refractivity contribution in [3.05, 3.63) is 123 Å². The van der Waals surface area contributed by atoms with Crippen LogP contribution in [0.5, 0.6) is 0 Å². The highest BCUT2D eigenvalue weighted by Crippen LogP contribution is 2.31. The molecule has 7 nitrogen and oxygen atoms in total. The van der Waals surface area contributed by atoms with Gasteiger partial charge < -0.3 is 5.11 Å². The number of carbonyl (C=O) groups excluding carboxylic acids is 2. The number of Topliss-reactive ketones (excluding diaryl/α,β-unsaturated/α-hetero) is 2. The molecule has 35 heavy (non-hydrogen) atoms. The molecule has 0 saturated carbocycles. The topological polar surface area (TPSA) is 110 Å². The molecule has 170 valence electrons. The Morgan fingerprint density at radius 2 is 1.66 bits per heavy atom. The van der Waals surface area contributed by atoms with Gasteiger partial charge in [-0.2, -0.15) is 0 Å². The van der Waals surface area contributed by atoms with Crippen molar-refractivity contribution in [3.63, 3.8) is 0 Å². The van der Waals surface area contributed by atoms with Crippen molar-refractivity contribution in [1.82, 2.24) is 15.2 Å². The summed E-state index contributed by atoms with van der Waals surface area (Å²) in [6.45, 7) is 0. The third-order valence-corrected chi connectivity index (χ3v) is 6.03. The van der Waals surface area contributed by atoms with Gasteiger partial charge >= 0.3 is 5.97 Å². The molecule has 0 fully saturated rings. The van der Waals surface area contributed by atoms with E-state index in [0.29, 0.717) is 12.0 Å². The summed E-state index contributed by atoms with van der Waals surface area (Å²) in [6.07, 6.45) is 6.35. The first-order chi connectivity index (χ1) is 17.0. The van der Waals surface area contributed by atoms with E-state index in [9.17, 15) is 14.4 Å². The predicted octanol–water partition coefficient (Wildman–Crippen LogP) is 2.41. The quantitative estimate of drug-likeness (QED) is 0.488. The highest BCUT2D eigenvalue weighted by Gasteiger charge is 2.30. The number of aromatic carboxylic acids is 1. The van der Waals surface area contributed by atoms with Crippen molar-refractivity contribution in [2.24, 2.45) is 0 Å². The molecule has 0 amide bonds. The van der Waals surface area contributed by atoms with Crippen LogP contribution in [0, 0.1) is 10.4 Å². The van der Waals surface area contributed by atoms with Crippen LogP contribution in [0.25, 0.3) is 12.2 Å². The molecule has 7 heteroatoms. The zero-order chi connectivity index (χ0) is 24.4. The molecule has 0 bridgehead atoms. The second kappa shape index (κ2) is 9.23. The van der Waals surface area contributed by atoms with E-state index in [1.54, 1.807) is 6.08 Å². The van der Waals surface area contributed by atoms with Crippen molar-refractivity contribution < 1.29 is 19.5 Å². The third-order valence-electron chi connectivity index (χ3n) is 6.03. The number of carboxylic acids is 1. The fraction of sp³-hybridized carbons (Fsp3) is 0.0714. The third kappa shape index (κ3) is 4.15. The van der Waals surface area contributed by atoms with Crippen LogP contribution in [0.1, 0.15) is 44.3 Å². The smallest absolute Gasteiger partial charge is 0.358 e. The number of aromatic nitrogens is 3. The minimum Gasteiger partial charge on any atom is -0.476 e. The molecule has 4 aromatic rings. The monoisotopic (exact) mass is 461 g/mol.